The molecule has 198 valence electrons. The molecule has 5 rings (SSSR count). The van der Waals surface area contributed by atoms with Gasteiger partial charge in [0.2, 0.25) is 5.91 Å². The van der Waals surface area contributed by atoms with Crippen molar-refractivity contribution >= 4 is 23.4 Å². The van der Waals surface area contributed by atoms with Crippen LogP contribution in [-0.4, -0.2) is 104 Å². The Morgan fingerprint density at radius 1 is 1.11 bits per heavy atom. The van der Waals surface area contributed by atoms with Crippen molar-refractivity contribution in [2.24, 2.45) is 5.92 Å². The Labute approximate surface area is 215 Å². The van der Waals surface area contributed by atoms with Gasteiger partial charge in [0.25, 0.3) is 5.91 Å². The zero-order valence-electron chi connectivity index (χ0n) is 21.4. The van der Waals surface area contributed by atoms with Crippen LogP contribution < -0.4 is 20.9 Å². The molecule has 8 nitrogen and oxygen atoms in total. The standard InChI is InChI=1S/C26H45ClN6O2/c27-20-5-3-4-19(14-20)16-29-21-15-23-26(35)30-17-22(33(23)18-21)7-8-25(34)32-12-10-31(11-13-32)24-6-1-2-9-28-24/h19-24,28-29H,1-18H2,(H,30,35)/p+2. The highest BCUT2D eigenvalue weighted by molar-refractivity contribution is 6.20. The van der Waals surface area contributed by atoms with Gasteiger partial charge in [-0.2, -0.15) is 0 Å². The molecule has 4 saturated heterocycles. The molecule has 0 bridgehead atoms. The Balaban J connectivity index is 1.06. The van der Waals surface area contributed by atoms with Crippen LogP contribution in [0.1, 0.15) is 64.2 Å². The maximum Gasteiger partial charge on any atom is 0.278 e. The Morgan fingerprint density at radius 2 is 1.97 bits per heavy atom. The van der Waals surface area contributed by atoms with E-state index in [9.17, 15) is 9.59 Å². The number of nitrogens with zero attached hydrogens (tertiary/aromatic N) is 2. The van der Waals surface area contributed by atoms with Gasteiger partial charge < -0.3 is 25.8 Å². The SMILES string of the molecule is O=C1NCC(CCC(=O)N2CCN(C3CCCC[NH2+]3)CC2)[NH+]2CC(NCC3CCCC(Cl)C3)CC12. The normalized spacial score (nSPS) is 38.7. The van der Waals surface area contributed by atoms with Gasteiger partial charge in [-0.05, 0) is 44.6 Å². The largest absolute Gasteiger partial charge is 0.345 e. The summed E-state index contributed by atoms with van der Waals surface area (Å²) in [5.74, 6) is 1.16. The molecule has 2 amide bonds. The minimum atomic E-state index is 0.0313. The first-order valence-corrected chi connectivity index (χ1v) is 14.9. The monoisotopic (exact) mass is 510 g/mol. The maximum atomic E-state index is 13.0. The number of carbonyl (C=O) groups excluding carboxylic acids is 2. The molecule has 4 aliphatic heterocycles. The van der Waals surface area contributed by atoms with Crippen LogP contribution in [-0.2, 0) is 9.59 Å². The van der Waals surface area contributed by atoms with Gasteiger partial charge in [-0.25, -0.2) is 0 Å². The second-order valence-electron chi connectivity index (χ2n) is 11.8. The Kier molecular flexibility index (Phi) is 8.87. The lowest BCUT2D eigenvalue weighted by Crippen LogP contribution is -3.21. The maximum absolute atomic E-state index is 13.0. The number of alkyl halides is 1. The average Bonchev–Trinajstić information content (AvgIpc) is 3.33. The summed E-state index contributed by atoms with van der Waals surface area (Å²) in [7, 11) is 0. The number of hydrogen-bond donors (Lipinski definition) is 4. The summed E-state index contributed by atoms with van der Waals surface area (Å²) in [6.45, 7) is 7.68. The summed E-state index contributed by atoms with van der Waals surface area (Å²) in [6, 6.07) is 0.759. The third-order valence-corrected chi connectivity index (χ3v) is 9.86. The van der Waals surface area contributed by atoms with E-state index in [4.69, 9.17) is 11.6 Å². The zero-order valence-corrected chi connectivity index (χ0v) is 22.1. The van der Waals surface area contributed by atoms with E-state index in [-0.39, 0.29) is 11.9 Å². The fourth-order valence-electron chi connectivity index (χ4n) is 7.35. The summed E-state index contributed by atoms with van der Waals surface area (Å²) in [6.07, 6.45) is 11.7. The lowest BCUT2D eigenvalue weighted by Gasteiger charge is -2.39. The van der Waals surface area contributed by atoms with E-state index < -0.39 is 0 Å². The molecule has 35 heavy (non-hydrogen) atoms. The van der Waals surface area contributed by atoms with Gasteiger partial charge >= 0.3 is 0 Å². The third-order valence-electron chi connectivity index (χ3n) is 9.46. The van der Waals surface area contributed by atoms with Crippen molar-refractivity contribution in [2.75, 3.05) is 52.4 Å². The van der Waals surface area contributed by atoms with Gasteiger partial charge in [0.15, 0.2) is 6.04 Å². The number of carbonyl (C=O) groups is 2. The minimum absolute atomic E-state index is 0.0313. The van der Waals surface area contributed by atoms with Gasteiger partial charge in [0.1, 0.15) is 12.2 Å². The Bertz CT molecular complexity index is 727. The van der Waals surface area contributed by atoms with Crippen molar-refractivity contribution in [1.82, 2.24) is 20.4 Å². The molecule has 7 atom stereocenters. The number of nitrogens with one attached hydrogen (secondary N) is 3. The van der Waals surface area contributed by atoms with Crippen LogP contribution >= 0.6 is 11.6 Å². The number of quaternary nitrogens is 2. The first kappa shape index (κ1) is 25.7. The smallest absolute Gasteiger partial charge is 0.278 e. The lowest BCUT2D eigenvalue weighted by atomic mass is 9.88. The molecular formula is C26H47ClN6O2+2. The summed E-state index contributed by atoms with van der Waals surface area (Å²) in [5, 5.41) is 9.73. The second-order valence-corrected chi connectivity index (χ2v) is 12.4. The molecule has 1 aliphatic carbocycles. The van der Waals surface area contributed by atoms with Crippen LogP contribution in [0.5, 0.6) is 0 Å². The molecule has 1 saturated carbocycles. The zero-order chi connectivity index (χ0) is 24.2. The summed E-state index contributed by atoms with van der Waals surface area (Å²) < 4.78 is 0. The van der Waals surface area contributed by atoms with Crippen molar-refractivity contribution in [1.29, 1.82) is 0 Å². The van der Waals surface area contributed by atoms with Crippen molar-refractivity contribution in [2.45, 2.75) is 93.9 Å². The van der Waals surface area contributed by atoms with E-state index in [1.807, 2.05) is 0 Å². The van der Waals surface area contributed by atoms with E-state index >= 15 is 0 Å². The van der Waals surface area contributed by atoms with Crippen LogP contribution in [0.2, 0.25) is 0 Å². The fraction of sp³-hybridized carbons (Fsp3) is 0.923. The molecule has 0 aromatic rings. The quantitative estimate of drug-likeness (QED) is 0.327. The molecule has 5 fully saturated rings. The number of fused-ring (bicyclic) bond motifs is 1. The number of nitrogens with two attached hydrogens (primary N) is 1. The number of amides is 2. The van der Waals surface area contributed by atoms with Crippen LogP contribution in [0.3, 0.4) is 0 Å². The first-order chi connectivity index (χ1) is 17.1. The molecular weight excluding hydrogens is 464 g/mol. The number of halogens is 1. The predicted molar refractivity (Wildman–Crippen MR) is 136 cm³/mol. The van der Waals surface area contributed by atoms with E-state index in [1.54, 1.807) is 0 Å². The predicted octanol–water partition coefficient (Wildman–Crippen LogP) is -1.10. The van der Waals surface area contributed by atoms with Gasteiger partial charge in [-0.1, -0.05) is 6.42 Å². The van der Waals surface area contributed by atoms with Crippen molar-refractivity contribution in [3.05, 3.63) is 0 Å². The highest BCUT2D eigenvalue weighted by atomic mass is 35.5. The van der Waals surface area contributed by atoms with Crippen LogP contribution in [0.25, 0.3) is 0 Å². The van der Waals surface area contributed by atoms with Crippen molar-refractivity contribution in [3.8, 4) is 0 Å². The summed E-state index contributed by atoms with van der Waals surface area (Å²) in [5.41, 5.74) is 0. The number of piperazine rings is 2. The minimum Gasteiger partial charge on any atom is -0.345 e. The molecule has 5 N–H and O–H groups in total. The molecule has 0 aromatic heterocycles. The summed E-state index contributed by atoms with van der Waals surface area (Å²) in [4.78, 5) is 31.7. The van der Waals surface area contributed by atoms with Crippen molar-refractivity contribution < 1.29 is 19.8 Å². The van der Waals surface area contributed by atoms with E-state index in [1.165, 1.54) is 43.5 Å². The molecule has 0 spiro atoms. The van der Waals surface area contributed by atoms with Crippen LogP contribution in [0, 0.1) is 5.92 Å². The molecule has 4 heterocycles. The molecule has 9 heteroatoms. The molecule has 5 aliphatic rings. The van der Waals surface area contributed by atoms with Gasteiger partial charge in [-0.3, -0.25) is 14.5 Å². The molecule has 7 unspecified atom stereocenters. The van der Waals surface area contributed by atoms with Gasteiger partial charge in [0.05, 0.1) is 25.7 Å². The average molecular weight is 511 g/mol. The van der Waals surface area contributed by atoms with Crippen LogP contribution in [0.4, 0.5) is 0 Å². The first-order valence-electron chi connectivity index (χ1n) is 14.4. The lowest BCUT2D eigenvalue weighted by molar-refractivity contribution is -0.930. The number of rotatable bonds is 7. The molecule has 0 radical (unpaired) electrons. The number of hydrogen-bond acceptors (Lipinski definition) is 4. The second kappa shape index (κ2) is 12.1. The van der Waals surface area contributed by atoms with E-state index in [0.717, 1.165) is 65.0 Å². The summed E-state index contributed by atoms with van der Waals surface area (Å²) >= 11 is 6.38. The van der Waals surface area contributed by atoms with Crippen LogP contribution in [0.15, 0.2) is 0 Å². The number of piperidine rings is 1. The van der Waals surface area contributed by atoms with Crippen molar-refractivity contribution in [3.63, 3.8) is 0 Å². The Morgan fingerprint density at radius 3 is 2.74 bits per heavy atom. The van der Waals surface area contributed by atoms with E-state index in [2.05, 4.69) is 25.8 Å². The fourth-order valence-corrected chi connectivity index (χ4v) is 7.76. The molecule has 0 aromatic carbocycles. The highest BCUT2D eigenvalue weighted by Crippen LogP contribution is 2.27. The van der Waals surface area contributed by atoms with E-state index in [0.29, 0.717) is 48.4 Å². The topological polar surface area (TPSA) is 85.7 Å². The van der Waals surface area contributed by atoms with Gasteiger partial charge in [-0.15, -0.1) is 11.6 Å². The Hall–Kier alpha value is -0.930. The highest BCUT2D eigenvalue weighted by Gasteiger charge is 2.47. The third kappa shape index (κ3) is 6.50. The van der Waals surface area contributed by atoms with Gasteiger partial charge in [0, 0.05) is 57.2 Å².